The molecule has 0 aliphatic heterocycles. The molecule has 0 aliphatic carbocycles. The highest BCUT2D eigenvalue weighted by atomic mass is 19.4. The molecule has 2 rings (SSSR count). The number of Topliss-reactive ketones (excluding diaryl/α,β-unsaturated/α-hetero) is 4. The minimum atomic E-state index is -4.80. The van der Waals surface area contributed by atoms with Gasteiger partial charge in [0.2, 0.25) is 5.78 Å². The Morgan fingerprint density at radius 1 is 0.783 bits per heavy atom. The van der Waals surface area contributed by atoms with Crippen molar-refractivity contribution >= 4 is 34.5 Å². The summed E-state index contributed by atoms with van der Waals surface area (Å²) in [6.45, 7) is 7.86. The number of nitro benzene ring substituents is 2. The topological polar surface area (TPSA) is 164 Å². The number of nitrogens with zero attached hydrogens (tertiary/aromatic N) is 2. The highest BCUT2D eigenvalue weighted by molar-refractivity contribution is 6.27. The number of halogens is 6. The van der Waals surface area contributed by atoms with E-state index in [1.54, 1.807) is 20.8 Å². The van der Waals surface area contributed by atoms with Crippen molar-refractivity contribution in [1.29, 1.82) is 0 Å². The number of carbonyl (C=O) groups excluding carboxylic acids is 4. The quantitative estimate of drug-likeness (QED) is 0.0330. The highest BCUT2D eigenvalue weighted by Gasteiger charge is 2.36. The van der Waals surface area contributed by atoms with Crippen LogP contribution >= 0.6 is 0 Å². The third kappa shape index (κ3) is 10.6. The lowest BCUT2D eigenvalue weighted by Crippen LogP contribution is -2.20. The Hall–Kier alpha value is -4.96. The summed E-state index contributed by atoms with van der Waals surface area (Å²) in [6.07, 6.45) is -9.25. The van der Waals surface area contributed by atoms with Crippen molar-refractivity contribution in [2.75, 3.05) is 6.61 Å². The van der Waals surface area contributed by atoms with E-state index in [2.05, 4.69) is 0 Å². The molecule has 0 aromatic heterocycles. The molecule has 0 saturated heterocycles. The average molecular weight is 663 g/mol. The molecule has 0 heterocycles. The van der Waals surface area contributed by atoms with E-state index in [1.165, 1.54) is 13.8 Å². The van der Waals surface area contributed by atoms with Crippen LogP contribution in [0.1, 0.15) is 72.9 Å². The number of alkyl halides is 6. The SMILES string of the molecule is CC(C)C(=O)CC(=O)c1ccc(C(F)(F)F)cc1[N+](=O)[O-].CCOC=C(C(=O)c1ccc(C(F)(F)F)cc1[N+](=O)[O-])C(=O)C(C)C. The van der Waals surface area contributed by atoms with Crippen molar-refractivity contribution in [2.45, 2.75) is 53.4 Å². The first-order valence-corrected chi connectivity index (χ1v) is 13.2. The maximum Gasteiger partial charge on any atom is 0.416 e. The van der Waals surface area contributed by atoms with Gasteiger partial charge in [-0.1, -0.05) is 27.7 Å². The number of ketones is 4. The van der Waals surface area contributed by atoms with Gasteiger partial charge < -0.3 is 4.74 Å². The lowest BCUT2D eigenvalue weighted by atomic mass is 9.93. The second kappa shape index (κ2) is 15.9. The average Bonchev–Trinajstić information content (AvgIpc) is 2.95. The van der Waals surface area contributed by atoms with E-state index >= 15 is 0 Å². The van der Waals surface area contributed by atoms with Crippen LogP contribution in [0.15, 0.2) is 48.2 Å². The van der Waals surface area contributed by atoms with Gasteiger partial charge in [-0.15, -0.1) is 0 Å². The van der Waals surface area contributed by atoms with Gasteiger partial charge in [-0.25, -0.2) is 0 Å². The summed E-state index contributed by atoms with van der Waals surface area (Å²) in [5.74, 6) is -4.05. The lowest BCUT2D eigenvalue weighted by molar-refractivity contribution is -0.385. The molecule has 250 valence electrons. The molecule has 0 radical (unpaired) electrons. The van der Waals surface area contributed by atoms with Crippen LogP contribution in [0.5, 0.6) is 0 Å². The number of rotatable bonds is 12. The van der Waals surface area contributed by atoms with Gasteiger partial charge in [-0.3, -0.25) is 39.4 Å². The molecule has 0 aliphatic rings. The second-order valence-electron chi connectivity index (χ2n) is 10.0. The summed E-state index contributed by atoms with van der Waals surface area (Å²) in [6, 6.07) is 3.13. The molecular weight excluding hydrogens is 634 g/mol. The van der Waals surface area contributed by atoms with Gasteiger partial charge in [0, 0.05) is 24.0 Å². The van der Waals surface area contributed by atoms with Crippen LogP contribution in [0.3, 0.4) is 0 Å². The Labute approximate surface area is 257 Å². The molecule has 17 heteroatoms. The molecule has 0 N–H and O–H groups in total. The maximum absolute atomic E-state index is 12.7. The summed E-state index contributed by atoms with van der Waals surface area (Å²) < 4.78 is 80.7. The zero-order valence-electron chi connectivity index (χ0n) is 24.9. The number of benzene rings is 2. The number of nitro groups is 2. The van der Waals surface area contributed by atoms with E-state index in [4.69, 9.17) is 4.74 Å². The second-order valence-corrected chi connectivity index (χ2v) is 10.0. The molecule has 0 atom stereocenters. The van der Waals surface area contributed by atoms with E-state index in [0.717, 1.165) is 12.3 Å². The van der Waals surface area contributed by atoms with Crippen LogP contribution in [-0.2, 0) is 26.7 Å². The molecule has 0 fully saturated rings. The van der Waals surface area contributed by atoms with Crippen LogP contribution in [0.25, 0.3) is 0 Å². The fourth-order valence-electron chi connectivity index (χ4n) is 3.45. The molecule has 2 aromatic rings. The van der Waals surface area contributed by atoms with E-state index in [9.17, 15) is 65.7 Å². The first-order valence-electron chi connectivity index (χ1n) is 13.2. The first-order chi connectivity index (χ1) is 21.0. The normalized spacial score (nSPS) is 11.9. The van der Waals surface area contributed by atoms with Crippen LogP contribution in [0.2, 0.25) is 0 Å². The molecule has 0 saturated carbocycles. The standard InChI is InChI=1S/C16H16F3NO5.C13H12F3NO4/c1-4-25-8-12(14(21)9(2)3)15(22)11-6-5-10(16(17,18)19)7-13(11)20(23)24;1-7(2)11(18)6-12(19)9-4-3-8(13(14,15)16)5-10(9)17(20)21/h5-9H,4H2,1-3H3;3-5,7H,6H2,1-2H3. The monoisotopic (exact) mass is 662 g/mol. The van der Waals surface area contributed by atoms with Gasteiger partial charge in [0.05, 0.1) is 45.8 Å². The number of carbonyl (C=O) groups is 4. The van der Waals surface area contributed by atoms with Crippen molar-refractivity contribution in [3.8, 4) is 0 Å². The summed E-state index contributed by atoms with van der Waals surface area (Å²) in [5, 5.41) is 21.9. The van der Waals surface area contributed by atoms with Gasteiger partial charge in [0.15, 0.2) is 11.6 Å². The predicted octanol–water partition coefficient (Wildman–Crippen LogP) is 7.35. The van der Waals surface area contributed by atoms with Crippen molar-refractivity contribution in [2.24, 2.45) is 11.8 Å². The van der Waals surface area contributed by atoms with E-state index < -0.39 is 103 Å². The van der Waals surface area contributed by atoms with E-state index in [-0.39, 0.29) is 12.7 Å². The molecule has 0 spiro atoms. The minimum Gasteiger partial charge on any atom is -0.501 e. The summed E-state index contributed by atoms with van der Waals surface area (Å²) in [7, 11) is 0. The van der Waals surface area contributed by atoms with Crippen LogP contribution in [0, 0.1) is 32.1 Å². The lowest BCUT2D eigenvalue weighted by Gasteiger charge is -2.11. The van der Waals surface area contributed by atoms with Gasteiger partial charge in [0.25, 0.3) is 11.4 Å². The largest absolute Gasteiger partial charge is 0.501 e. The van der Waals surface area contributed by atoms with Crippen LogP contribution in [-0.4, -0.2) is 39.6 Å². The number of allylic oxidation sites excluding steroid dienone is 1. The Balaban J connectivity index is 0.000000467. The number of hydrogen-bond acceptors (Lipinski definition) is 9. The molecule has 11 nitrogen and oxygen atoms in total. The Bertz CT molecular complexity index is 1540. The van der Waals surface area contributed by atoms with Crippen LogP contribution in [0.4, 0.5) is 37.7 Å². The summed E-state index contributed by atoms with van der Waals surface area (Å²) in [5.41, 5.74) is -6.04. The van der Waals surface area contributed by atoms with Crippen molar-refractivity contribution < 1.29 is 60.1 Å². The molecular formula is C29H28F6N2O9. The fraction of sp³-hybridized carbons (Fsp3) is 0.379. The van der Waals surface area contributed by atoms with Crippen molar-refractivity contribution in [3.63, 3.8) is 0 Å². The number of hydrogen-bond donors (Lipinski definition) is 0. The Kier molecular flexibility index (Phi) is 13.5. The van der Waals surface area contributed by atoms with E-state index in [0.29, 0.717) is 24.3 Å². The zero-order valence-corrected chi connectivity index (χ0v) is 24.9. The summed E-state index contributed by atoms with van der Waals surface area (Å²) in [4.78, 5) is 67.7. The van der Waals surface area contributed by atoms with E-state index in [1.807, 2.05) is 0 Å². The molecule has 2 aromatic carbocycles. The molecule has 0 unspecified atom stereocenters. The predicted molar refractivity (Wildman–Crippen MR) is 149 cm³/mol. The van der Waals surface area contributed by atoms with Gasteiger partial charge in [-0.05, 0) is 31.2 Å². The first kappa shape index (κ1) is 39.1. The third-order valence-corrected chi connectivity index (χ3v) is 5.97. The minimum absolute atomic E-state index is 0.136. The molecule has 0 amide bonds. The molecule has 0 bridgehead atoms. The van der Waals surface area contributed by atoms with Gasteiger partial charge in [-0.2, -0.15) is 26.3 Å². The maximum atomic E-state index is 12.7. The van der Waals surface area contributed by atoms with Crippen molar-refractivity contribution in [3.05, 3.63) is 90.7 Å². The van der Waals surface area contributed by atoms with Crippen molar-refractivity contribution in [1.82, 2.24) is 0 Å². The van der Waals surface area contributed by atoms with Crippen LogP contribution < -0.4 is 0 Å². The Morgan fingerprint density at radius 3 is 1.59 bits per heavy atom. The zero-order chi connectivity index (χ0) is 35.7. The number of ether oxygens (including phenoxy) is 1. The smallest absolute Gasteiger partial charge is 0.416 e. The highest BCUT2D eigenvalue weighted by Crippen LogP contribution is 2.35. The molecule has 46 heavy (non-hydrogen) atoms. The fourth-order valence-corrected chi connectivity index (χ4v) is 3.45. The van der Waals surface area contributed by atoms with Gasteiger partial charge >= 0.3 is 12.4 Å². The Morgan fingerprint density at radius 2 is 1.22 bits per heavy atom. The summed E-state index contributed by atoms with van der Waals surface area (Å²) >= 11 is 0. The van der Waals surface area contributed by atoms with Gasteiger partial charge in [0.1, 0.15) is 16.9 Å². The third-order valence-electron chi connectivity index (χ3n) is 5.97.